The maximum atomic E-state index is 12.4. The highest BCUT2D eigenvalue weighted by molar-refractivity contribution is 5.98. The number of ether oxygens (including phenoxy) is 1. The second-order valence-corrected chi connectivity index (χ2v) is 6.91. The SMILES string of the molecule is CCOCCCNC(=O)c1ccc(NC(=O)C2CC(=O)N(C(C)C)C2)cc1. The number of hydrogen-bond donors (Lipinski definition) is 2. The zero-order valence-electron chi connectivity index (χ0n) is 16.3. The van der Waals surface area contributed by atoms with Crippen molar-refractivity contribution in [2.75, 3.05) is 31.6 Å². The van der Waals surface area contributed by atoms with Gasteiger partial charge in [-0.05, 0) is 51.5 Å². The quantitative estimate of drug-likeness (QED) is 0.647. The molecule has 27 heavy (non-hydrogen) atoms. The van der Waals surface area contributed by atoms with Crippen molar-refractivity contribution >= 4 is 23.4 Å². The number of carbonyl (C=O) groups excluding carboxylic acids is 3. The monoisotopic (exact) mass is 375 g/mol. The van der Waals surface area contributed by atoms with E-state index >= 15 is 0 Å². The topological polar surface area (TPSA) is 87.7 Å². The lowest BCUT2D eigenvalue weighted by Gasteiger charge is -2.20. The van der Waals surface area contributed by atoms with Gasteiger partial charge in [0.15, 0.2) is 0 Å². The Hall–Kier alpha value is -2.41. The van der Waals surface area contributed by atoms with Gasteiger partial charge in [-0.1, -0.05) is 0 Å². The van der Waals surface area contributed by atoms with Gasteiger partial charge in [-0.15, -0.1) is 0 Å². The first-order chi connectivity index (χ1) is 12.9. The van der Waals surface area contributed by atoms with E-state index in [1.807, 2.05) is 20.8 Å². The maximum Gasteiger partial charge on any atom is 0.251 e. The van der Waals surface area contributed by atoms with Gasteiger partial charge in [0.05, 0.1) is 5.92 Å². The minimum Gasteiger partial charge on any atom is -0.382 e. The van der Waals surface area contributed by atoms with E-state index in [9.17, 15) is 14.4 Å². The molecule has 7 heteroatoms. The Balaban J connectivity index is 1.82. The molecule has 1 fully saturated rings. The predicted octanol–water partition coefficient (Wildman–Crippen LogP) is 2.04. The van der Waals surface area contributed by atoms with Crippen LogP contribution in [-0.4, -0.2) is 55.0 Å². The summed E-state index contributed by atoms with van der Waals surface area (Å²) in [4.78, 5) is 38.1. The molecule has 1 unspecified atom stereocenters. The maximum absolute atomic E-state index is 12.4. The highest BCUT2D eigenvalue weighted by Gasteiger charge is 2.35. The number of benzene rings is 1. The van der Waals surface area contributed by atoms with Crippen LogP contribution in [0.25, 0.3) is 0 Å². The summed E-state index contributed by atoms with van der Waals surface area (Å²) in [6.45, 7) is 8.12. The molecule has 2 rings (SSSR count). The lowest BCUT2D eigenvalue weighted by molar-refractivity contribution is -0.129. The van der Waals surface area contributed by atoms with E-state index in [0.717, 1.165) is 6.42 Å². The third-order valence-electron chi connectivity index (χ3n) is 4.52. The molecule has 1 atom stereocenters. The van der Waals surface area contributed by atoms with Crippen LogP contribution in [0, 0.1) is 5.92 Å². The van der Waals surface area contributed by atoms with Gasteiger partial charge in [0.2, 0.25) is 11.8 Å². The summed E-state index contributed by atoms with van der Waals surface area (Å²) in [5.41, 5.74) is 1.15. The molecule has 0 aliphatic carbocycles. The number of rotatable bonds is 9. The molecule has 1 aromatic carbocycles. The van der Waals surface area contributed by atoms with Crippen LogP contribution < -0.4 is 10.6 Å². The Bertz CT molecular complexity index is 658. The number of hydrogen-bond acceptors (Lipinski definition) is 4. The fourth-order valence-corrected chi connectivity index (χ4v) is 2.98. The highest BCUT2D eigenvalue weighted by Crippen LogP contribution is 2.22. The Labute approximate surface area is 160 Å². The molecule has 0 bridgehead atoms. The van der Waals surface area contributed by atoms with Crippen molar-refractivity contribution in [2.45, 2.75) is 39.7 Å². The van der Waals surface area contributed by atoms with Crippen molar-refractivity contribution in [1.29, 1.82) is 0 Å². The van der Waals surface area contributed by atoms with Crippen LogP contribution in [0.3, 0.4) is 0 Å². The summed E-state index contributed by atoms with van der Waals surface area (Å²) in [6, 6.07) is 6.84. The van der Waals surface area contributed by atoms with Crippen LogP contribution in [0.1, 0.15) is 44.0 Å². The number of anilines is 1. The molecule has 2 N–H and O–H groups in total. The first-order valence-electron chi connectivity index (χ1n) is 9.48. The third kappa shape index (κ3) is 6.06. The Morgan fingerprint density at radius 1 is 1.26 bits per heavy atom. The summed E-state index contributed by atoms with van der Waals surface area (Å²) in [5, 5.41) is 5.66. The predicted molar refractivity (Wildman–Crippen MR) is 103 cm³/mol. The summed E-state index contributed by atoms with van der Waals surface area (Å²) < 4.78 is 5.23. The van der Waals surface area contributed by atoms with Gasteiger partial charge in [-0.2, -0.15) is 0 Å². The van der Waals surface area contributed by atoms with Crippen molar-refractivity contribution in [1.82, 2.24) is 10.2 Å². The Morgan fingerprint density at radius 2 is 1.96 bits per heavy atom. The van der Waals surface area contributed by atoms with Crippen molar-refractivity contribution in [2.24, 2.45) is 5.92 Å². The molecule has 3 amide bonds. The average Bonchev–Trinajstić information content (AvgIpc) is 3.04. The molecule has 1 aromatic rings. The van der Waals surface area contributed by atoms with E-state index in [-0.39, 0.29) is 36.1 Å². The number of carbonyl (C=O) groups is 3. The van der Waals surface area contributed by atoms with E-state index in [1.54, 1.807) is 29.2 Å². The average molecular weight is 375 g/mol. The normalized spacial score (nSPS) is 16.7. The zero-order chi connectivity index (χ0) is 19.8. The van der Waals surface area contributed by atoms with Crippen LogP contribution in [0.4, 0.5) is 5.69 Å². The highest BCUT2D eigenvalue weighted by atomic mass is 16.5. The van der Waals surface area contributed by atoms with Gasteiger partial charge in [-0.3, -0.25) is 14.4 Å². The van der Waals surface area contributed by atoms with Gasteiger partial charge < -0.3 is 20.3 Å². The molecule has 1 saturated heterocycles. The van der Waals surface area contributed by atoms with E-state index < -0.39 is 0 Å². The first kappa shape index (κ1) is 20.9. The molecular formula is C20H29N3O4. The van der Waals surface area contributed by atoms with Gasteiger partial charge in [0.25, 0.3) is 5.91 Å². The minimum atomic E-state index is -0.340. The third-order valence-corrected chi connectivity index (χ3v) is 4.52. The van der Waals surface area contributed by atoms with Gasteiger partial charge in [-0.25, -0.2) is 0 Å². The van der Waals surface area contributed by atoms with Crippen LogP contribution in [0.2, 0.25) is 0 Å². The fourth-order valence-electron chi connectivity index (χ4n) is 2.98. The van der Waals surface area contributed by atoms with Crippen LogP contribution in [0.5, 0.6) is 0 Å². The fraction of sp³-hybridized carbons (Fsp3) is 0.550. The molecule has 1 aliphatic heterocycles. The van der Waals surface area contributed by atoms with Crippen LogP contribution >= 0.6 is 0 Å². The van der Waals surface area contributed by atoms with E-state index in [1.165, 1.54) is 0 Å². The van der Waals surface area contributed by atoms with E-state index in [0.29, 0.717) is 37.6 Å². The van der Waals surface area contributed by atoms with E-state index in [4.69, 9.17) is 4.74 Å². The molecule has 7 nitrogen and oxygen atoms in total. The van der Waals surface area contributed by atoms with Gasteiger partial charge >= 0.3 is 0 Å². The molecule has 148 valence electrons. The second kappa shape index (κ2) is 10.1. The molecule has 1 aliphatic rings. The largest absolute Gasteiger partial charge is 0.382 e. The van der Waals surface area contributed by atoms with Gasteiger partial charge in [0, 0.05) is 50.0 Å². The number of likely N-dealkylation sites (tertiary alicyclic amines) is 1. The summed E-state index contributed by atoms with van der Waals surface area (Å²) in [5.74, 6) is -0.646. The molecule has 0 saturated carbocycles. The van der Waals surface area contributed by atoms with Crippen molar-refractivity contribution in [3.05, 3.63) is 29.8 Å². The molecule has 0 radical (unpaired) electrons. The number of nitrogens with zero attached hydrogens (tertiary/aromatic N) is 1. The second-order valence-electron chi connectivity index (χ2n) is 6.91. The molecule has 0 spiro atoms. The lowest BCUT2D eigenvalue weighted by atomic mass is 10.1. The van der Waals surface area contributed by atoms with Crippen LogP contribution in [-0.2, 0) is 14.3 Å². The van der Waals surface area contributed by atoms with Crippen LogP contribution in [0.15, 0.2) is 24.3 Å². The summed E-state index contributed by atoms with van der Waals surface area (Å²) >= 11 is 0. The molecule has 0 aromatic heterocycles. The Kier molecular flexibility index (Phi) is 7.79. The van der Waals surface area contributed by atoms with E-state index in [2.05, 4.69) is 10.6 Å². The zero-order valence-corrected chi connectivity index (χ0v) is 16.3. The smallest absolute Gasteiger partial charge is 0.251 e. The lowest BCUT2D eigenvalue weighted by Crippen LogP contribution is -2.33. The van der Waals surface area contributed by atoms with Gasteiger partial charge in [0.1, 0.15) is 0 Å². The minimum absolute atomic E-state index is 0.0153. The van der Waals surface area contributed by atoms with Crippen molar-refractivity contribution in [3.63, 3.8) is 0 Å². The number of nitrogens with one attached hydrogen (secondary N) is 2. The Morgan fingerprint density at radius 3 is 2.56 bits per heavy atom. The van der Waals surface area contributed by atoms with Crippen molar-refractivity contribution < 1.29 is 19.1 Å². The van der Waals surface area contributed by atoms with Crippen molar-refractivity contribution in [3.8, 4) is 0 Å². The standard InChI is InChI=1S/C20H29N3O4/c1-4-27-11-5-10-21-19(25)15-6-8-17(9-7-15)22-20(26)16-12-18(24)23(13-16)14(2)3/h6-9,14,16H,4-5,10-13H2,1-3H3,(H,21,25)(H,22,26). The summed E-state index contributed by atoms with van der Waals surface area (Å²) in [7, 11) is 0. The first-order valence-corrected chi connectivity index (χ1v) is 9.48. The summed E-state index contributed by atoms with van der Waals surface area (Å²) in [6.07, 6.45) is 1.01. The molecule has 1 heterocycles. The number of amides is 3. The molecular weight excluding hydrogens is 346 g/mol.